The Labute approximate surface area is 105 Å². The van der Waals surface area contributed by atoms with Gasteiger partial charge >= 0.3 is 0 Å². The minimum absolute atomic E-state index is 0.0206. The van der Waals surface area contributed by atoms with Crippen LogP contribution in [-0.4, -0.2) is 24.2 Å². The lowest BCUT2D eigenvalue weighted by atomic mass is 10.3. The third-order valence-corrected chi connectivity index (χ3v) is 3.65. The second-order valence-electron chi connectivity index (χ2n) is 4.11. The highest BCUT2D eigenvalue weighted by Gasteiger charge is 2.20. The van der Waals surface area contributed by atoms with Crippen LogP contribution in [0.15, 0.2) is 12.1 Å². The second-order valence-corrected chi connectivity index (χ2v) is 5.20. The van der Waals surface area contributed by atoms with Crippen LogP contribution in [0.25, 0.3) is 0 Å². The molecule has 1 aromatic rings. The largest absolute Gasteiger partial charge is 0.384 e. The maximum absolute atomic E-state index is 11.7. The van der Waals surface area contributed by atoms with Gasteiger partial charge in [-0.15, -0.1) is 11.3 Å². The smallest absolute Gasteiger partial charge is 0.261 e. The first-order valence-electron chi connectivity index (χ1n) is 5.77. The lowest BCUT2D eigenvalue weighted by molar-refractivity contribution is 0.0956. The zero-order valence-electron chi connectivity index (χ0n) is 9.53. The van der Waals surface area contributed by atoms with Gasteiger partial charge in [-0.3, -0.25) is 4.79 Å². The Kier molecular flexibility index (Phi) is 4.18. The summed E-state index contributed by atoms with van der Waals surface area (Å²) < 4.78 is 0. The van der Waals surface area contributed by atoms with Crippen LogP contribution in [0.1, 0.15) is 33.8 Å². The van der Waals surface area contributed by atoms with E-state index >= 15 is 0 Å². The topological polar surface area (TPSA) is 49.3 Å². The van der Waals surface area contributed by atoms with Crippen LogP contribution in [0.3, 0.4) is 0 Å². The summed E-state index contributed by atoms with van der Waals surface area (Å²) in [5.41, 5.74) is 0. The molecule has 0 atom stereocenters. The van der Waals surface area contributed by atoms with E-state index in [0.717, 1.165) is 23.8 Å². The molecule has 1 aromatic heterocycles. The van der Waals surface area contributed by atoms with Crippen molar-refractivity contribution in [2.75, 3.05) is 13.2 Å². The Morgan fingerprint density at radius 1 is 1.53 bits per heavy atom. The van der Waals surface area contributed by atoms with Gasteiger partial charge in [-0.05, 0) is 24.5 Å². The van der Waals surface area contributed by atoms with Gasteiger partial charge < -0.3 is 10.4 Å². The predicted octanol–water partition coefficient (Wildman–Crippen LogP) is 1.62. The van der Waals surface area contributed by atoms with Crippen LogP contribution in [0.5, 0.6) is 0 Å². The molecule has 1 saturated carbocycles. The summed E-state index contributed by atoms with van der Waals surface area (Å²) in [6.07, 6.45) is 3.72. The molecule has 0 spiro atoms. The van der Waals surface area contributed by atoms with Crippen LogP contribution in [0.4, 0.5) is 0 Å². The Hall–Kier alpha value is -1.31. The van der Waals surface area contributed by atoms with Gasteiger partial charge in [0, 0.05) is 6.54 Å². The van der Waals surface area contributed by atoms with Crippen LogP contribution in [0.2, 0.25) is 0 Å². The molecule has 1 amide bonds. The number of carbonyl (C=O) groups is 1. The first-order valence-corrected chi connectivity index (χ1v) is 6.59. The molecule has 1 aliphatic rings. The fraction of sp³-hybridized carbons (Fsp3) is 0.462. The fourth-order valence-electron chi connectivity index (χ4n) is 1.54. The molecule has 0 unspecified atom stereocenters. The first-order chi connectivity index (χ1) is 8.29. The molecule has 3 nitrogen and oxygen atoms in total. The number of carbonyl (C=O) groups excluding carboxylic acids is 1. The number of aliphatic hydroxyl groups is 1. The summed E-state index contributed by atoms with van der Waals surface area (Å²) in [5.74, 6) is 6.18. The summed E-state index contributed by atoms with van der Waals surface area (Å²) in [4.78, 5) is 13.2. The SMILES string of the molecule is O=C(NCCC1CC1)c1ccc(C#CCO)s1. The number of rotatable bonds is 4. The van der Waals surface area contributed by atoms with Crippen molar-refractivity contribution in [3.05, 3.63) is 21.9 Å². The van der Waals surface area contributed by atoms with Gasteiger partial charge in [0.15, 0.2) is 0 Å². The first kappa shape index (κ1) is 12.2. The molecule has 90 valence electrons. The molecular formula is C13H15NO2S. The van der Waals surface area contributed by atoms with Gasteiger partial charge in [-0.25, -0.2) is 0 Å². The van der Waals surface area contributed by atoms with Gasteiger partial charge in [0.2, 0.25) is 0 Å². The number of hydrogen-bond acceptors (Lipinski definition) is 3. The minimum atomic E-state index is -0.152. The van der Waals surface area contributed by atoms with Gasteiger partial charge in [0.25, 0.3) is 5.91 Å². The molecule has 1 aliphatic carbocycles. The van der Waals surface area contributed by atoms with Crippen molar-refractivity contribution in [2.45, 2.75) is 19.3 Å². The highest BCUT2D eigenvalue weighted by Crippen LogP contribution is 2.31. The van der Waals surface area contributed by atoms with E-state index in [1.54, 1.807) is 6.07 Å². The maximum Gasteiger partial charge on any atom is 0.261 e. The maximum atomic E-state index is 11.7. The van der Waals surface area contributed by atoms with Crippen LogP contribution in [-0.2, 0) is 0 Å². The van der Waals surface area contributed by atoms with Crippen molar-refractivity contribution in [3.8, 4) is 11.8 Å². The van der Waals surface area contributed by atoms with E-state index in [1.807, 2.05) is 6.07 Å². The number of aliphatic hydroxyl groups excluding tert-OH is 1. The van der Waals surface area contributed by atoms with Gasteiger partial charge in [0.05, 0.1) is 9.75 Å². The number of amides is 1. The van der Waals surface area contributed by atoms with Gasteiger partial charge in [-0.2, -0.15) is 0 Å². The molecule has 2 N–H and O–H groups in total. The van der Waals surface area contributed by atoms with E-state index in [9.17, 15) is 4.79 Å². The third-order valence-electron chi connectivity index (χ3n) is 2.66. The van der Waals surface area contributed by atoms with Crippen molar-refractivity contribution in [3.63, 3.8) is 0 Å². The zero-order valence-corrected chi connectivity index (χ0v) is 10.3. The van der Waals surface area contributed by atoms with Crippen molar-refractivity contribution in [1.29, 1.82) is 0 Å². The molecule has 1 heterocycles. The molecule has 4 heteroatoms. The molecule has 0 aliphatic heterocycles. The van der Waals surface area contributed by atoms with Gasteiger partial charge in [-0.1, -0.05) is 24.7 Å². The lowest BCUT2D eigenvalue weighted by Gasteiger charge is -2.01. The molecule has 0 bridgehead atoms. The molecule has 1 fully saturated rings. The Bertz CT molecular complexity index is 451. The summed E-state index contributed by atoms with van der Waals surface area (Å²) >= 11 is 1.36. The van der Waals surface area contributed by atoms with Crippen LogP contribution >= 0.6 is 11.3 Å². The van der Waals surface area contributed by atoms with Crippen molar-refractivity contribution >= 4 is 17.2 Å². The van der Waals surface area contributed by atoms with Crippen molar-refractivity contribution in [2.24, 2.45) is 5.92 Å². The van der Waals surface area contributed by atoms with E-state index in [0.29, 0.717) is 4.88 Å². The number of thiophene rings is 1. The monoisotopic (exact) mass is 249 g/mol. The van der Waals surface area contributed by atoms with E-state index in [1.165, 1.54) is 24.2 Å². The molecule has 17 heavy (non-hydrogen) atoms. The average Bonchev–Trinajstić information content (AvgIpc) is 3.03. The Balaban J connectivity index is 1.82. The Morgan fingerprint density at radius 2 is 2.35 bits per heavy atom. The van der Waals surface area contributed by atoms with Crippen molar-refractivity contribution < 1.29 is 9.90 Å². The van der Waals surface area contributed by atoms with Crippen LogP contribution < -0.4 is 5.32 Å². The minimum Gasteiger partial charge on any atom is -0.384 e. The van der Waals surface area contributed by atoms with E-state index in [4.69, 9.17) is 5.11 Å². The summed E-state index contributed by atoms with van der Waals surface area (Å²) in [5, 5.41) is 11.5. The highest BCUT2D eigenvalue weighted by atomic mass is 32.1. The summed E-state index contributed by atoms with van der Waals surface area (Å²) in [7, 11) is 0. The summed E-state index contributed by atoms with van der Waals surface area (Å²) in [6.45, 7) is 0.611. The number of nitrogens with one attached hydrogen (secondary N) is 1. The summed E-state index contributed by atoms with van der Waals surface area (Å²) in [6, 6.07) is 3.58. The third kappa shape index (κ3) is 3.88. The second kappa shape index (κ2) is 5.85. The van der Waals surface area contributed by atoms with Gasteiger partial charge in [0.1, 0.15) is 6.61 Å². The standard InChI is InChI=1S/C13H15NO2S/c15-9-1-2-11-5-6-12(17-11)13(16)14-8-7-10-3-4-10/h5-6,10,15H,3-4,7-9H2,(H,14,16). The quantitative estimate of drug-likeness (QED) is 0.797. The van der Waals surface area contributed by atoms with E-state index in [-0.39, 0.29) is 12.5 Å². The molecule has 0 aromatic carbocycles. The molecule has 0 saturated heterocycles. The van der Waals surface area contributed by atoms with E-state index in [2.05, 4.69) is 17.2 Å². The predicted molar refractivity (Wildman–Crippen MR) is 68.0 cm³/mol. The Morgan fingerprint density at radius 3 is 3.06 bits per heavy atom. The molecule has 2 rings (SSSR count). The van der Waals surface area contributed by atoms with Crippen LogP contribution in [0, 0.1) is 17.8 Å². The van der Waals surface area contributed by atoms with E-state index < -0.39 is 0 Å². The highest BCUT2D eigenvalue weighted by molar-refractivity contribution is 7.14. The average molecular weight is 249 g/mol. The molecular weight excluding hydrogens is 234 g/mol. The fourth-order valence-corrected chi connectivity index (χ4v) is 2.33. The van der Waals surface area contributed by atoms with Crippen molar-refractivity contribution in [1.82, 2.24) is 5.32 Å². The zero-order chi connectivity index (χ0) is 12.1. The normalized spacial score (nSPS) is 13.9. The number of hydrogen-bond donors (Lipinski definition) is 2. The molecule has 0 radical (unpaired) electrons. The lowest BCUT2D eigenvalue weighted by Crippen LogP contribution is -2.23.